The van der Waals surface area contributed by atoms with Crippen molar-refractivity contribution in [1.29, 1.82) is 0 Å². The number of benzene rings is 1. The van der Waals surface area contributed by atoms with Gasteiger partial charge >= 0.3 is 0 Å². The smallest absolute Gasteiger partial charge is 0.224 e. The lowest BCUT2D eigenvalue weighted by Crippen LogP contribution is -2.22. The summed E-state index contributed by atoms with van der Waals surface area (Å²) < 4.78 is 2.41. The maximum absolute atomic E-state index is 9.60. The molecule has 3 aromatic rings. The van der Waals surface area contributed by atoms with Crippen LogP contribution in [-0.4, -0.2) is 37.5 Å². The van der Waals surface area contributed by atoms with Gasteiger partial charge in [0.1, 0.15) is 4.60 Å². The Morgan fingerprint density at radius 3 is 2.93 bits per heavy atom. The molecule has 0 saturated heterocycles. The molecule has 4 N–H and O–H groups in total. The summed E-state index contributed by atoms with van der Waals surface area (Å²) in [5.41, 5.74) is 8.40. The van der Waals surface area contributed by atoms with Crippen LogP contribution in [0.4, 0.5) is 5.95 Å². The van der Waals surface area contributed by atoms with Crippen LogP contribution >= 0.6 is 27.5 Å². The van der Waals surface area contributed by atoms with Gasteiger partial charge in [-0.15, -0.1) is 0 Å². The van der Waals surface area contributed by atoms with Crippen LogP contribution in [0.1, 0.15) is 44.7 Å². The molecule has 2 aromatic heterocycles. The maximum atomic E-state index is 9.60. The van der Waals surface area contributed by atoms with Gasteiger partial charge in [0.15, 0.2) is 5.65 Å². The van der Waals surface area contributed by atoms with E-state index in [1.807, 2.05) is 25.1 Å². The number of nitrogens with one attached hydrogen (secondary N) is 1. The molecule has 0 unspecified atom stereocenters. The summed E-state index contributed by atoms with van der Waals surface area (Å²) in [6.45, 7) is 4.22. The van der Waals surface area contributed by atoms with Crippen molar-refractivity contribution in [2.24, 2.45) is 11.1 Å². The summed E-state index contributed by atoms with van der Waals surface area (Å²) in [5, 5.41) is 19.0. The molecule has 0 amide bonds. The summed E-state index contributed by atoms with van der Waals surface area (Å²) >= 11 is 9.81. The Kier molecular flexibility index (Phi) is 5.54. The van der Waals surface area contributed by atoms with Gasteiger partial charge < -0.3 is 16.2 Å². The molecule has 0 radical (unpaired) electrons. The van der Waals surface area contributed by atoms with Gasteiger partial charge in [-0.05, 0) is 71.3 Å². The minimum atomic E-state index is -0.146. The highest BCUT2D eigenvalue weighted by Gasteiger charge is 2.34. The second kappa shape index (κ2) is 7.83. The Labute approximate surface area is 182 Å². The van der Waals surface area contributed by atoms with Crippen molar-refractivity contribution >= 4 is 44.5 Å². The van der Waals surface area contributed by atoms with E-state index in [0.717, 1.165) is 35.9 Å². The number of nitrogens with two attached hydrogens (primary N) is 1. The Bertz CT molecular complexity index is 1050. The fourth-order valence-corrected chi connectivity index (χ4v) is 4.55. The van der Waals surface area contributed by atoms with E-state index in [1.165, 1.54) is 0 Å². The van der Waals surface area contributed by atoms with E-state index >= 15 is 0 Å². The van der Waals surface area contributed by atoms with Gasteiger partial charge in [0.25, 0.3) is 0 Å². The largest absolute Gasteiger partial charge is 0.396 e. The van der Waals surface area contributed by atoms with Crippen molar-refractivity contribution in [3.8, 4) is 5.69 Å². The molecule has 0 aliphatic heterocycles. The molecule has 9 heteroatoms. The van der Waals surface area contributed by atoms with Gasteiger partial charge in [-0.3, -0.25) is 0 Å². The lowest BCUT2D eigenvalue weighted by molar-refractivity contribution is 0.148. The zero-order chi connectivity index (χ0) is 20.8. The first kappa shape index (κ1) is 20.5. The number of fused-ring (bicyclic) bond motifs is 1. The lowest BCUT2D eigenvalue weighted by Gasteiger charge is -2.20. The van der Waals surface area contributed by atoms with Gasteiger partial charge in [0.2, 0.25) is 5.95 Å². The monoisotopic (exact) mass is 478 g/mol. The molecule has 2 heterocycles. The number of halogens is 2. The number of hydrogen-bond acceptors (Lipinski definition) is 6. The number of aliphatic hydroxyl groups is 1. The van der Waals surface area contributed by atoms with Crippen LogP contribution in [-0.2, 0) is 0 Å². The van der Waals surface area contributed by atoms with Gasteiger partial charge in [0, 0.05) is 29.9 Å². The number of rotatable bonds is 5. The van der Waals surface area contributed by atoms with Crippen LogP contribution in [0.25, 0.3) is 16.7 Å². The summed E-state index contributed by atoms with van der Waals surface area (Å²) in [6.07, 6.45) is 4.61. The number of hydrogen-bond donors (Lipinski definition) is 3. The first-order chi connectivity index (χ1) is 13.8. The molecular weight excluding hydrogens is 456 g/mol. The van der Waals surface area contributed by atoms with Crippen LogP contribution in [0.15, 0.2) is 29.0 Å². The van der Waals surface area contributed by atoms with Crippen molar-refractivity contribution in [3.63, 3.8) is 0 Å². The topological polar surface area (TPSA) is 102 Å². The minimum Gasteiger partial charge on any atom is -0.396 e. The first-order valence-electron chi connectivity index (χ1n) is 9.63. The zero-order valence-corrected chi connectivity index (χ0v) is 18.7. The van der Waals surface area contributed by atoms with Gasteiger partial charge in [-0.2, -0.15) is 10.1 Å². The van der Waals surface area contributed by atoms with E-state index < -0.39 is 0 Å². The highest BCUT2D eigenvalue weighted by Crippen LogP contribution is 2.38. The predicted molar refractivity (Wildman–Crippen MR) is 118 cm³/mol. The van der Waals surface area contributed by atoms with E-state index in [-0.39, 0.29) is 24.1 Å². The third-order valence-electron chi connectivity index (χ3n) is 5.61. The predicted octanol–water partition coefficient (Wildman–Crippen LogP) is 4.21. The average molecular weight is 480 g/mol. The third kappa shape index (κ3) is 4.12. The molecule has 7 nitrogen and oxygen atoms in total. The SMILES string of the molecule is C[C@H](N)c1cc(Cl)cc(-n2nc(Br)c3cnc(N[C@@H]4CC[C@@](C)(CO)C4)nc32)c1. The van der Waals surface area contributed by atoms with E-state index in [4.69, 9.17) is 22.3 Å². The summed E-state index contributed by atoms with van der Waals surface area (Å²) in [5.74, 6) is 0.549. The van der Waals surface area contributed by atoms with Crippen molar-refractivity contribution in [2.75, 3.05) is 11.9 Å². The molecule has 1 saturated carbocycles. The number of anilines is 1. The zero-order valence-electron chi connectivity index (χ0n) is 16.4. The fraction of sp³-hybridized carbons (Fsp3) is 0.450. The fourth-order valence-electron chi connectivity index (χ4n) is 3.87. The molecule has 154 valence electrons. The van der Waals surface area contributed by atoms with Crippen molar-refractivity contribution in [2.45, 2.75) is 45.2 Å². The van der Waals surface area contributed by atoms with E-state index in [0.29, 0.717) is 21.2 Å². The normalized spacial score (nSPS) is 22.9. The Balaban J connectivity index is 1.71. The molecule has 1 aromatic carbocycles. The molecule has 1 fully saturated rings. The van der Waals surface area contributed by atoms with Crippen molar-refractivity contribution in [1.82, 2.24) is 19.7 Å². The highest BCUT2D eigenvalue weighted by molar-refractivity contribution is 9.10. The van der Waals surface area contributed by atoms with Gasteiger partial charge in [-0.25, -0.2) is 9.67 Å². The maximum Gasteiger partial charge on any atom is 0.224 e. The van der Waals surface area contributed by atoms with Crippen LogP contribution in [0.3, 0.4) is 0 Å². The van der Waals surface area contributed by atoms with Crippen LogP contribution in [0.2, 0.25) is 5.02 Å². The summed E-state index contributed by atoms with van der Waals surface area (Å²) in [6, 6.07) is 5.75. The van der Waals surface area contributed by atoms with E-state index in [9.17, 15) is 5.11 Å². The Morgan fingerprint density at radius 1 is 1.45 bits per heavy atom. The molecule has 29 heavy (non-hydrogen) atoms. The first-order valence-corrected chi connectivity index (χ1v) is 10.8. The average Bonchev–Trinajstić information content (AvgIpc) is 3.22. The second-order valence-corrected chi connectivity index (χ2v) is 9.41. The van der Waals surface area contributed by atoms with Crippen LogP contribution in [0, 0.1) is 5.41 Å². The van der Waals surface area contributed by atoms with Gasteiger partial charge in [-0.1, -0.05) is 18.5 Å². The Hall–Kier alpha value is -1.74. The molecule has 1 aliphatic rings. The van der Waals surface area contributed by atoms with Crippen molar-refractivity contribution in [3.05, 3.63) is 39.6 Å². The standard InChI is InChI=1S/C20H24BrClN6O/c1-11(23)12-5-13(22)7-15(6-12)28-18-16(17(21)27-28)9-24-19(26-18)25-14-3-4-20(2,8-14)10-29/h5-7,9,11,14,29H,3-4,8,10,23H2,1-2H3,(H,24,25,26)/t11-,14+,20+/m0/s1. The molecule has 0 spiro atoms. The molecule has 0 bridgehead atoms. The second-order valence-electron chi connectivity index (χ2n) is 8.22. The van der Waals surface area contributed by atoms with E-state index in [2.05, 4.69) is 38.3 Å². The minimum absolute atomic E-state index is 0.0390. The third-order valence-corrected chi connectivity index (χ3v) is 6.41. The number of aromatic nitrogens is 4. The lowest BCUT2D eigenvalue weighted by atomic mass is 9.90. The van der Waals surface area contributed by atoms with Crippen molar-refractivity contribution < 1.29 is 5.11 Å². The van der Waals surface area contributed by atoms with Crippen LogP contribution < -0.4 is 11.1 Å². The number of nitrogens with zero attached hydrogens (tertiary/aromatic N) is 4. The number of aliphatic hydroxyl groups excluding tert-OH is 1. The quantitative estimate of drug-likeness (QED) is 0.506. The molecular formula is C20H24BrClN6O. The molecule has 4 rings (SSSR count). The summed E-state index contributed by atoms with van der Waals surface area (Å²) in [4.78, 5) is 9.19. The Morgan fingerprint density at radius 2 is 2.24 bits per heavy atom. The van der Waals surface area contributed by atoms with Gasteiger partial charge in [0.05, 0.1) is 11.1 Å². The highest BCUT2D eigenvalue weighted by atomic mass is 79.9. The molecule has 3 atom stereocenters. The van der Waals surface area contributed by atoms with Crippen LogP contribution in [0.5, 0.6) is 0 Å². The summed E-state index contributed by atoms with van der Waals surface area (Å²) in [7, 11) is 0. The van der Waals surface area contributed by atoms with E-state index in [1.54, 1.807) is 10.9 Å². The molecule has 1 aliphatic carbocycles.